The van der Waals surface area contributed by atoms with Gasteiger partial charge in [-0.05, 0) is 93.5 Å². The molecule has 2 aliphatic heterocycles. The van der Waals surface area contributed by atoms with Gasteiger partial charge in [0.1, 0.15) is 17.9 Å². The Balaban J connectivity index is 1.42. The molecule has 9 heteroatoms. The minimum Gasteiger partial charge on any atom is -0.487 e. The molecule has 0 saturated carbocycles. The molecule has 1 N–H and O–H groups in total. The Morgan fingerprint density at radius 3 is 2.51 bits per heavy atom. The van der Waals surface area contributed by atoms with E-state index in [-0.39, 0.29) is 19.0 Å². The van der Waals surface area contributed by atoms with Gasteiger partial charge in [0.05, 0.1) is 10.2 Å². The summed E-state index contributed by atoms with van der Waals surface area (Å²) in [4.78, 5) is 39.5. The first-order chi connectivity index (χ1) is 18.9. The Morgan fingerprint density at radius 2 is 1.77 bits per heavy atom. The zero-order chi connectivity index (χ0) is 27.5. The number of carbonyl (C=O) groups excluding carboxylic acids is 3. The monoisotopic (exact) mass is 588 g/mol. The van der Waals surface area contributed by atoms with Crippen LogP contribution in [0.2, 0.25) is 0 Å². The fourth-order valence-electron chi connectivity index (χ4n) is 4.35. The van der Waals surface area contributed by atoms with Gasteiger partial charge in [-0.3, -0.25) is 14.9 Å². The minimum absolute atomic E-state index is 0.153. The molecule has 2 aliphatic rings. The highest BCUT2D eigenvalue weighted by molar-refractivity contribution is 9.10. The minimum atomic E-state index is -0.785. The number of halogens is 1. The van der Waals surface area contributed by atoms with Crippen LogP contribution < -0.4 is 24.4 Å². The fourth-order valence-corrected chi connectivity index (χ4v) is 4.98. The highest BCUT2D eigenvalue weighted by Gasteiger charge is 2.36. The Kier molecular flexibility index (Phi) is 7.51. The molecular weight excluding hydrogens is 564 g/mol. The topological polar surface area (TPSA) is 94.2 Å². The lowest BCUT2D eigenvalue weighted by Crippen LogP contribution is -2.54. The van der Waals surface area contributed by atoms with Crippen LogP contribution in [0.5, 0.6) is 17.2 Å². The third kappa shape index (κ3) is 5.44. The molecule has 8 nitrogen and oxygen atoms in total. The van der Waals surface area contributed by atoms with Gasteiger partial charge >= 0.3 is 6.03 Å². The molecule has 0 radical (unpaired) electrons. The number of nitrogens with zero attached hydrogens (tertiary/aromatic N) is 1. The average Bonchev–Trinajstić information content (AvgIpc) is 3.39. The van der Waals surface area contributed by atoms with Crippen molar-refractivity contribution in [3.05, 3.63) is 99.6 Å². The summed E-state index contributed by atoms with van der Waals surface area (Å²) in [6, 6.07) is 15.5. The molecule has 1 saturated heterocycles. The van der Waals surface area contributed by atoms with Gasteiger partial charge in [0.25, 0.3) is 11.8 Å². The maximum Gasteiger partial charge on any atom is 0.335 e. The highest BCUT2D eigenvalue weighted by atomic mass is 79.9. The summed E-state index contributed by atoms with van der Waals surface area (Å²) >= 11 is 3.57. The molecule has 0 bridgehead atoms. The van der Waals surface area contributed by atoms with Crippen LogP contribution in [-0.2, 0) is 29.0 Å². The molecule has 198 valence electrons. The molecule has 1 fully saturated rings. The average molecular weight is 589 g/mol. The smallest absolute Gasteiger partial charge is 0.335 e. The van der Waals surface area contributed by atoms with Gasteiger partial charge in [-0.15, -0.1) is 6.58 Å². The summed E-state index contributed by atoms with van der Waals surface area (Å²) in [5, 5.41) is 2.27. The van der Waals surface area contributed by atoms with E-state index in [0.29, 0.717) is 39.4 Å². The summed E-state index contributed by atoms with van der Waals surface area (Å²) in [6.07, 6.45) is 4.52. The SMILES string of the molecule is C=CCc1cc(/C=C2/C(=O)NC(=O)N(c3ccc(CC)cc3)C2=O)cc(Br)c1OCc1ccc2c(c1)OCO2. The van der Waals surface area contributed by atoms with E-state index in [4.69, 9.17) is 14.2 Å². The van der Waals surface area contributed by atoms with E-state index in [1.54, 1.807) is 24.3 Å². The number of hydrogen-bond donors (Lipinski definition) is 1. The van der Waals surface area contributed by atoms with Crippen molar-refractivity contribution in [3.8, 4) is 17.2 Å². The van der Waals surface area contributed by atoms with Crippen molar-refractivity contribution >= 4 is 45.5 Å². The second kappa shape index (κ2) is 11.2. The molecular formula is C30H25BrN2O6. The van der Waals surface area contributed by atoms with Gasteiger partial charge in [0, 0.05) is 0 Å². The molecule has 5 rings (SSSR count). The molecule has 0 spiro atoms. The van der Waals surface area contributed by atoms with Crippen LogP contribution in [-0.4, -0.2) is 24.6 Å². The summed E-state index contributed by atoms with van der Waals surface area (Å²) in [5.41, 5.74) is 3.59. The molecule has 0 aliphatic carbocycles. The molecule has 2 heterocycles. The largest absolute Gasteiger partial charge is 0.487 e. The number of urea groups is 1. The van der Waals surface area contributed by atoms with Gasteiger partial charge in [0.15, 0.2) is 11.5 Å². The third-order valence-electron chi connectivity index (χ3n) is 6.34. The van der Waals surface area contributed by atoms with Crippen molar-refractivity contribution in [3.63, 3.8) is 0 Å². The van der Waals surface area contributed by atoms with Crippen molar-refractivity contribution in [2.45, 2.75) is 26.4 Å². The van der Waals surface area contributed by atoms with Crippen molar-refractivity contribution in [2.75, 3.05) is 11.7 Å². The van der Waals surface area contributed by atoms with Crippen molar-refractivity contribution in [2.24, 2.45) is 0 Å². The maximum absolute atomic E-state index is 13.3. The van der Waals surface area contributed by atoms with Gasteiger partial charge in [0.2, 0.25) is 6.79 Å². The number of allylic oxidation sites excluding steroid dienone is 1. The van der Waals surface area contributed by atoms with Crippen LogP contribution in [0.1, 0.15) is 29.2 Å². The first kappa shape index (κ1) is 26.2. The number of anilines is 1. The highest BCUT2D eigenvalue weighted by Crippen LogP contribution is 2.36. The number of barbiturate groups is 1. The van der Waals surface area contributed by atoms with Crippen molar-refractivity contribution in [1.29, 1.82) is 0 Å². The van der Waals surface area contributed by atoms with Gasteiger partial charge in [-0.2, -0.15) is 0 Å². The molecule has 3 aromatic carbocycles. The number of fused-ring (bicyclic) bond motifs is 1. The Hall–Kier alpha value is -4.37. The van der Waals surface area contributed by atoms with Gasteiger partial charge < -0.3 is 14.2 Å². The number of ether oxygens (including phenoxy) is 3. The fraction of sp³-hybridized carbons (Fsp3) is 0.167. The van der Waals surface area contributed by atoms with Crippen molar-refractivity contribution in [1.82, 2.24) is 5.32 Å². The van der Waals surface area contributed by atoms with Crippen LogP contribution >= 0.6 is 15.9 Å². The molecule has 4 amide bonds. The van der Waals surface area contributed by atoms with Gasteiger partial charge in [-0.25, -0.2) is 9.69 Å². The standard InChI is InChI=1S/C30H25BrN2O6/c1-3-5-21-12-20(14-24(31)27(21)37-16-19-8-11-25-26(15-19)39-17-38-25)13-23-28(34)32-30(36)33(29(23)35)22-9-6-18(4-2)7-10-22/h3,6-15H,1,4-5,16-17H2,2H3,(H,32,34,36)/b23-13-. The van der Waals surface area contributed by atoms with Crippen LogP contribution in [0.3, 0.4) is 0 Å². The number of benzene rings is 3. The number of carbonyl (C=O) groups is 3. The summed E-state index contributed by atoms with van der Waals surface area (Å²) < 4.78 is 17.6. The van der Waals surface area contributed by atoms with E-state index in [2.05, 4.69) is 27.8 Å². The zero-order valence-electron chi connectivity index (χ0n) is 21.2. The van der Waals surface area contributed by atoms with E-state index >= 15 is 0 Å². The first-order valence-electron chi connectivity index (χ1n) is 12.3. The number of rotatable bonds is 8. The lowest BCUT2D eigenvalue weighted by Gasteiger charge is -2.26. The quantitative estimate of drug-likeness (QED) is 0.206. The molecule has 0 unspecified atom stereocenters. The summed E-state index contributed by atoms with van der Waals surface area (Å²) in [6.45, 7) is 6.34. The molecule has 0 aromatic heterocycles. The number of imide groups is 2. The predicted octanol–water partition coefficient (Wildman–Crippen LogP) is 5.71. The van der Waals surface area contributed by atoms with E-state index < -0.39 is 17.8 Å². The van der Waals surface area contributed by atoms with Crippen LogP contribution in [0.15, 0.2) is 77.3 Å². The molecule has 39 heavy (non-hydrogen) atoms. The second-order valence-corrected chi connectivity index (χ2v) is 9.79. The van der Waals surface area contributed by atoms with E-state index in [1.165, 1.54) is 6.08 Å². The van der Waals surface area contributed by atoms with Crippen LogP contribution in [0, 0.1) is 0 Å². The number of nitrogens with one attached hydrogen (secondary N) is 1. The lowest BCUT2D eigenvalue weighted by atomic mass is 10.0. The number of aryl methyl sites for hydroxylation is 1. The molecule has 3 aromatic rings. The van der Waals surface area contributed by atoms with Gasteiger partial charge in [-0.1, -0.05) is 31.2 Å². The Morgan fingerprint density at radius 1 is 1.03 bits per heavy atom. The molecule has 0 atom stereocenters. The first-order valence-corrected chi connectivity index (χ1v) is 13.1. The van der Waals surface area contributed by atoms with Crippen LogP contribution in [0.25, 0.3) is 6.08 Å². The Bertz CT molecular complexity index is 1510. The summed E-state index contributed by atoms with van der Waals surface area (Å²) in [5.74, 6) is 0.535. The predicted molar refractivity (Wildman–Crippen MR) is 150 cm³/mol. The maximum atomic E-state index is 13.3. The Labute approximate surface area is 234 Å². The van der Waals surface area contributed by atoms with E-state index in [0.717, 1.165) is 28.0 Å². The van der Waals surface area contributed by atoms with E-state index in [9.17, 15) is 14.4 Å². The number of amides is 4. The zero-order valence-corrected chi connectivity index (χ0v) is 22.7. The summed E-state index contributed by atoms with van der Waals surface area (Å²) in [7, 11) is 0. The lowest BCUT2D eigenvalue weighted by molar-refractivity contribution is -0.122. The van der Waals surface area contributed by atoms with Crippen molar-refractivity contribution < 1.29 is 28.6 Å². The van der Waals surface area contributed by atoms with E-state index in [1.807, 2.05) is 43.3 Å². The third-order valence-corrected chi connectivity index (χ3v) is 6.93. The number of hydrogen-bond acceptors (Lipinski definition) is 6. The second-order valence-electron chi connectivity index (χ2n) is 8.94. The van der Waals surface area contributed by atoms with Crippen LogP contribution in [0.4, 0.5) is 10.5 Å². The normalized spacial score (nSPS) is 15.5.